The first-order valence-corrected chi connectivity index (χ1v) is 6.16. The zero-order valence-electron chi connectivity index (χ0n) is 7.22. The van der Waals surface area contributed by atoms with Crippen molar-refractivity contribution in [1.82, 2.24) is 4.90 Å². The van der Waals surface area contributed by atoms with Gasteiger partial charge in [-0.1, -0.05) is 23.0 Å². The molecular formula is C6H11N3S3. The quantitative estimate of drug-likeness (QED) is 0.315. The number of aliphatic imine (C=N–C) groups is 2. The number of hydrogen-bond donors (Lipinski definition) is 0. The number of nitrogens with zero attached hydrogens (tertiary/aromatic N) is 3. The Morgan fingerprint density at radius 2 is 2.17 bits per heavy atom. The van der Waals surface area contributed by atoms with Crippen molar-refractivity contribution in [3.63, 3.8) is 0 Å². The van der Waals surface area contributed by atoms with Gasteiger partial charge in [0.05, 0.1) is 11.8 Å². The van der Waals surface area contributed by atoms with Crippen LogP contribution in [0.25, 0.3) is 0 Å². The zero-order valence-corrected chi connectivity index (χ0v) is 9.67. The average Bonchev–Trinajstić information content (AvgIpc) is 2.01. The van der Waals surface area contributed by atoms with Crippen molar-refractivity contribution in [1.29, 1.82) is 0 Å². The van der Waals surface area contributed by atoms with Crippen LogP contribution in [0.15, 0.2) is 9.98 Å². The molecule has 0 aliphatic rings. The Bertz CT molecular complexity index is 188. The first kappa shape index (κ1) is 11.9. The van der Waals surface area contributed by atoms with E-state index in [1.54, 1.807) is 17.1 Å². The molecule has 0 unspecified atom stereocenters. The highest BCUT2D eigenvalue weighted by Gasteiger charge is 1.93. The molecule has 0 aromatic carbocycles. The van der Waals surface area contributed by atoms with Gasteiger partial charge in [-0.15, -0.1) is 0 Å². The zero-order chi connectivity index (χ0) is 9.40. The fourth-order valence-electron chi connectivity index (χ4n) is 0.361. The minimum Gasteiger partial charge on any atom is -0.369 e. The molecule has 0 aliphatic carbocycles. The van der Waals surface area contributed by atoms with Gasteiger partial charge in [-0.3, -0.25) is 0 Å². The predicted octanol–water partition coefficient (Wildman–Crippen LogP) is 1.90. The Balaban J connectivity index is 4.12. The summed E-state index contributed by atoms with van der Waals surface area (Å²) in [5, 5.41) is 0.672. The summed E-state index contributed by atoms with van der Waals surface area (Å²) in [6.07, 6.45) is 3.66. The Morgan fingerprint density at radius 3 is 2.58 bits per heavy atom. The Morgan fingerprint density at radius 1 is 1.50 bits per heavy atom. The van der Waals surface area contributed by atoms with Gasteiger partial charge in [0.1, 0.15) is 0 Å². The van der Waals surface area contributed by atoms with Crippen molar-refractivity contribution >= 4 is 50.8 Å². The van der Waals surface area contributed by atoms with Gasteiger partial charge in [0, 0.05) is 14.1 Å². The maximum Gasteiger partial charge on any atom is 0.200 e. The van der Waals surface area contributed by atoms with E-state index in [2.05, 4.69) is 22.2 Å². The standard InChI is InChI=1S/C6H11N3S3/c1-9(2)4-7-6(8-5-10)12-11-3/h4-5H,1-3H3/b7-4+,8-6-. The number of amidine groups is 1. The van der Waals surface area contributed by atoms with Crippen LogP contribution in [0.3, 0.4) is 0 Å². The minimum absolute atomic E-state index is 0.672. The highest BCUT2D eigenvalue weighted by Crippen LogP contribution is 2.19. The molecule has 0 atom stereocenters. The van der Waals surface area contributed by atoms with Crippen molar-refractivity contribution in [3.8, 4) is 0 Å². The molecular weight excluding hydrogens is 210 g/mol. The molecule has 0 rings (SSSR count). The van der Waals surface area contributed by atoms with Gasteiger partial charge >= 0.3 is 0 Å². The first-order chi connectivity index (χ1) is 5.70. The van der Waals surface area contributed by atoms with Crippen LogP contribution in [0.5, 0.6) is 0 Å². The first-order valence-electron chi connectivity index (χ1n) is 3.13. The normalized spacial score (nSPS) is 12.1. The van der Waals surface area contributed by atoms with Gasteiger partial charge in [0.25, 0.3) is 0 Å². The highest BCUT2D eigenvalue weighted by molar-refractivity contribution is 8.82. The fraction of sp³-hybridized carbons (Fsp3) is 0.500. The molecule has 0 fully saturated rings. The van der Waals surface area contributed by atoms with E-state index in [0.29, 0.717) is 5.17 Å². The summed E-state index contributed by atoms with van der Waals surface area (Å²) in [6.45, 7) is 0. The lowest BCUT2D eigenvalue weighted by atomic mass is 10.9. The molecule has 0 bridgehead atoms. The number of thiocarbonyl (C=S) groups is 1. The molecule has 0 radical (unpaired) electrons. The van der Waals surface area contributed by atoms with E-state index in [1.165, 1.54) is 16.3 Å². The summed E-state index contributed by atoms with van der Waals surface area (Å²) in [5.41, 5.74) is 1.32. The minimum atomic E-state index is 0.672. The van der Waals surface area contributed by atoms with E-state index in [9.17, 15) is 0 Å². The lowest BCUT2D eigenvalue weighted by Gasteiger charge is -2.01. The molecule has 12 heavy (non-hydrogen) atoms. The largest absolute Gasteiger partial charge is 0.369 e. The second-order valence-electron chi connectivity index (χ2n) is 1.98. The third-order valence-corrected chi connectivity index (χ3v) is 2.30. The van der Waals surface area contributed by atoms with Gasteiger partial charge < -0.3 is 4.90 Å². The summed E-state index contributed by atoms with van der Waals surface area (Å²) < 4.78 is 0. The van der Waals surface area contributed by atoms with Crippen LogP contribution in [0.4, 0.5) is 0 Å². The third-order valence-electron chi connectivity index (χ3n) is 0.720. The van der Waals surface area contributed by atoms with Crippen LogP contribution >= 0.6 is 33.8 Å². The van der Waals surface area contributed by atoms with Gasteiger partial charge in [-0.05, 0) is 17.0 Å². The Labute approximate surface area is 86.1 Å². The fourth-order valence-corrected chi connectivity index (χ4v) is 1.57. The molecule has 0 aromatic heterocycles. The van der Waals surface area contributed by atoms with Crippen molar-refractivity contribution in [2.45, 2.75) is 0 Å². The van der Waals surface area contributed by atoms with Crippen LogP contribution in [0, 0.1) is 0 Å². The van der Waals surface area contributed by atoms with Crippen molar-refractivity contribution in [2.75, 3.05) is 20.4 Å². The lowest BCUT2D eigenvalue weighted by molar-refractivity contribution is 0.644. The molecule has 3 nitrogen and oxygen atoms in total. The van der Waals surface area contributed by atoms with Crippen molar-refractivity contribution in [2.24, 2.45) is 9.98 Å². The van der Waals surface area contributed by atoms with Crippen LogP contribution in [-0.4, -0.2) is 42.2 Å². The van der Waals surface area contributed by atoms with Gasteiger partial charge in [-0.2, -0.15) is 0 Å². The van der Waals surface area contributed by atoms with E-state index >= 15 is 0 Å². The second-order valence-corrected chi connectivity index (χ2v) is 4.55. The van der Waals surface area contributed by atoms with Crippen LogP contribution in [0.2, 0.25) is 0 Å². The van der Waals surface area contributed by atoms with Crippen molar-refractivity contribution < 1.29 is 0 Å². The van der Waals surface area contributed by atoms with Gasteiger partial charge in [0.15, 0.2) is 0 Å². The smallest absolute Gasteiger partial charge is 0.200 e. The van der Waals surface area contributed by atoms with Crippen LogP contribution < -0.4 is 0 Å². The molecule has 0 heterocycles. The Hall–Kier alpha value is -0.0700. The summed E-state index contributed by atoms with van der Waals surface area (Å²) >= 11 is 4.60. The van der Waals surface area contributed by atoms with Crippen LogP contribution in [0.1, 0.15) is 0 Å². The summed E-state index contributed by atoms with van der Waals surface area (Å²) in [4.78, 5) is 9.85. The summed E-state index contributed by atoms with van der Waals surface area (Å²) in [7, 11) is 6.89. The molecule has 0 aliphatic heterocycles. The Kier molecular flexibility index (Phi) is 7.53. The number of hydrogen-bond acceptors (Lipinski definition) is 3. The summed E-state index contributed by atoms with van der Waals surface area (Å²) in [5.74, 6) is 0. The maximum atomic E-state index is 4.60. The predicted molar refractivity (Wildman–Crippen MR) is 64.4 cm³/mol. The van der Waals surface area contributed by atoms with Crippen molar-refractivity contribution in [3.05, 3.63) is 0 Å². The molecule has 0 saturated carbocycles. The number of rotatable bonds is 3. The SMILES string of the molecule is CSSC(=N\C=S)/N=C/N(C)C. The second kappa shape index (κ2) is 7.57. The monoisotopic (exact) mass is 221 g/mol. The molecule has 0 spiro atoms. The molecule has 0 aromatic rings. The van der Waals surface area contributed by atoms with E-state index in [1.807, 2.05) is 25.3 Å². The topological polar surface area (TPSA) is 28.0 Å². The molecule has 0 N–H and O–H groups in total. The van der Waals surface area contributed by atoms with Crippen LogP contribution in [-0.2, 0) is 0 Å². The molecule has 0 amide bonds. The lowest BCUT2D eigenvalue weighted by Crippen LogP contribution is -2.08. The van der Waals surface area contributed by atoms with E-state index in [0.717, 1.165) is 0 Å². The van der Waals surface area contributed by atoms with E-state index in [-0.39, 0.29) is 0 Å². The average molecular weight is 221 g/mol. The third kappa shape index (κ3) is 6.63. The van der Waals surface area contributed by atoms with E-state index < -0.39 is 0 Å². The maximum absolute atomic E-state index is 4.60. The van der Waals surface area contributed by atoms with Gasteiger partial charge in [0.2, 0.25) is 5.17 Å². The van der Waals surface area contributed by atoms with E-state index in [4.69, 9.17) is 0 Å². The molecule has 0 saturated heterocycles. The highest BCUT2D eigenvalue weighted by atomic mass is 33.1. The summed E-state index contributed by atoms with van der Waals surface area (Å²) in [6, 6.07) is 0. The molecule has 68 valence electrons. The van der Waals surface area contributed by atoms with Gasteiger partial charge in [-0.25, -0.2) is 9.98 Å². The molecule has 6 heteroatoms.